The summed E-state index contributed by atoms with van der Waals surface area (Å²) < 4.78 is 0. The molecule has 8 atom stereocenters. The van der Waals surface area contributed by atoms with Crippen molar-refractivity contribution in [3.8, 4) is 0 Å². The van der Waals surface area contributed by atoms with Crippen molar-refractivity contribution in [2.24, 2.45) is 23.7 Å². The van der Waals surface area contributed by atoms with Crippen LogP contribution in [-0.4, -0.2) is 51.3 Å². The van der Waals surface area contributed by atoms with Crippen molar-refractivity contribution in [2.75, 3.05) is 0 Å². The first kappa shape index (κ1) is 22.1. The monoisotopic (exact) mass is 465 g/mol. The number of aromatic nitrogens is 1. The van der Waals surface area contributed by atoms with Gasteiger partial charge in [0.05, 0.1) is 24.0 Å². The Morgan fingerprint density at radius 3 is 1.88 bits per heavy atom. The number of carbonyl (C=O) groups excluding carboxylic acids is 2. The third kappa shape index (κ3) is 3.47. The van der Waals surface area contributed by atoms with Crippen LogP contribution in [0, 0.1) is 23.7 Å². The lowest BCUT2D eigenvalue weighted by Crippen LogP contribution is -2.64. The van der Waals surface area contributed by atoms with Gasteiger partial charge in [-0.2, -0.15) is 0 Å². The van der Waals surface area contributed by atoms with Gasteiger partial charge in [-0.25, -0.2) is 0 Å². The van der Waals surface area contributed by atoms with Crippen molar-refractivity contribution in [1.29, 1.82) is 0 Å². The molecule has 4 fully saturated rings. The van der Waals surface area contributed by atoms with Gasteiger partial charge < -0.3 is 25.8 Å². The highest BCUT2D eigenvalue weighted by Gasteiger charge is 2.55. The zero-order valence-electron chi connectivity index (χ0n) is 19.5. The summed E-state index contributed by atoms with van der Waals surface area (Å²) >= 11 is 0. The highest BCUT2D eigenvalue weighted by atomic mass is 16.3. The number of aliphatic hydroxyl groups excluding tert-OH is 2. The molecule has 1 aromatic carbocycles. The molecule has 2 amide bonds. The van der Waals surface area contributed by atoms with Gasteiger partial charge in [-0.3, -0.25) is 9.59 Å². The maximum atomic E-state index is 13.6. The Morgan fingerprint density at radius 1 is 0.765 bits per heavy atom. The summed E-state index contributed by atoms with van der Waals surface area (Å²) in [6, 6.07) is 7.83. The molecule has 2 aliphatic carbocycles. The van der Waals surface area contributed by atoms with E-state index in [1.807, 2.05) is 30.5 Å². The van der Waals surface area contributed by atoms with Crippen molar-refractivity contribution in [2.45, 2.75) is 81.6 Å². The maximum absolute atomic E-state index is 13.6. The summed E-state index contributed by atoms with van der Waals surface area (Å²) in [4.78, 5) is 30.4. The summed E-state index contributed by atoms with van der Waals surface area (Å²) in [6.07, 6.45) is 7.86. The number of piperidine rings is 2. The molecule has 1 aromatic heterocycles. The Bertz CT molecular complexity index is 1030. The van der Waals surface area contributed by atoms with E-state index in [-0.39, 0.29) is 35.7 Å². The smallest absolute Gasteiger partial charge is 0.226 e. The molecule has 2 aliphatic heterocycles. The van der Waals surface area contributed by atoms with E-state index >= 15 is 0 Å². The summed E-state index contributed by atoms with van der Waals surface area (Å²) in [5, 5.41) is 30.6. The molecule has 0 spiro atoms. The molecular formula is C27H35N3O4. The third-order valence-corrected chi connectivity index (χ3v) is 9.27. The van der Waals surface area contributed by atoms with Gasteiger partial charge in [-0.1, -0.05) is 43.9 Å². The molecule has 6 rings (SSSR count). The van der Waals surface area contributed by atoms with E-state index in [9.17, 15) is 19.8 Å². The summed E-state index contributed by atoms with van der Waals surface area (Å²) in [5.74, 6) is -2.63. The molecule has 4 aliphatic rings. The van der Waals surface area contributed by atoms with Gasteiger partial charge in [0.25, 0.3) is 0 Å². The van der Waals surface area contributed by atoms with E-state index in [0.29, 0.717) is 0 Å². The largest absolute Gasteiger partial charge is 0.392 e. The van der Waals surface area contributed by atoms with Crippen molar-refractivity contribution < 1.29 is 19.8 Å². The second kappa shape index (κ2) is 8.68. The zero-order chi connectivity index (χ0) is 23.4. The van der Waals surface area contributed by atoms with Gasteiger partial charge in [-0.05, 0) is 37.3 Å². The van der Waals surface area contributed by atoms with Crippen LogP contribution in [-0.2, 0) is 9.59 Å². The van der Waals surface area contributed by atoms with Gasteiger partial charge in [0, 0.05) is 46.9 Å². The average Bonchev–Trinajstić information content (AvgIpc) is 3.27. The van der Waals surface area contributed by atoms with Gasteiger partial charge in [0.15, 0.2) is 0 Å². The maximum Gasteiger partial charge on any atom is 0.226 e. The van der Waals surface area contributed by atoms with Gasteiger partial charge in [0.1, 0.15) is 0 Å². The molecule has 34 heavy (non-hydrogen) atoms. The Hall–Kier alpha value is -2.38. The molecule has 2 aromatic rings. The lowest BCUT2D eigenvalue weighted by atomic mass is 9.61. The van der Waals surface area contributed by atoms with E-state index < -0.39 is 30.0 Å². The van der Waals surface area contributed by atoms with Crippen molar-refractivity contribution >= 4 is 22.7 Å². The molecule has 0 radical (unpaired) electrons. The van der Waals surface area contributed by atoms with E-state index in [0.717, 1.165) is 67.8 Å². The van der Waals surface area contributed by atoms with Crippen LogP contribution in [0.15, 0.2) is 30.5 Å². The van der Waals surface area contributed by atoms with Crippen LogP contribution in [0.25, 0.3) is 10.9 Å². The fraction of sp³-hybridized carbons (Fsp3) is 0.630. The summed E-state index contributed by atoms with van der Waals surface area (Å²) in [6.45, 7) is 0. The predicted molar refractivity (Wildman–Crippen MR) is 128 cm³/mol. The van der Waals surface area contributed by atoms with Crippen LogP contribution >= 0.6 is 0 Å². The molecule has 182 valence electrons. The Balaban J connectivity index is 1.46. The molecule has 2 saturated carbocycles. The van der Waals surface area contributed by atoms with Gasteiger partial charge in [0.2, 0.25) is 11.8 Å². The lowest BCUT2D eigenvalue weighted by Gasteiger charge is -2.50. The highest BCUT2D eigenvalue weighted by Crippen LogP contribution is 2.48. The highest BCUT2D eigenvalue weighted by molar-refractivity contribution is 5.90. The predicted octanol–water partition coefficient (Wildman–Crippen LogP) is 2.58. The number of amides is 2. The number of hydrogen-bond acceptors (Lipinski definition) is 4. The second-order valence-electron chi connectivity index (χ2n) is 11.0. The number of aliphatic hydroxyl groups is 2. The molecule has 2 saturated heterocycles. The van der Waals surface area contributed by atoms with Gasteiger partial charge in [-0.15, -0.1) is 0 Å². The minimum absolute atomic E-state index is 0.0102. The molecule has 5 N–H and O–H groups in total. The van der Waals surface area contributed by atoms with Crippen molar-refractivity contribution in [3.63, 3.8) is 0 Å². The van der Waals surface area contributed by atoms with Crippen LogP contribution < -0.4 is 10.6 Å². The zero-order valence-corrected chi connectivity index (χ0v) is 19.5. The van der Waals surface area contributed by atoms with Crippen molar-refractivity contribution in [3.05, 3.63) is 36.0 Å². The number of nitrogens with one attached hydrogen (secondary N) is 3. The second-order valence-corrected chi connectivity index (χ2v) is 11.0. The first-order valence-corrected chi connectivity index (χ1v) is 13.1. The fourth-order valence-corrected chi connectivity index (χ4v) is 7.63. The van der Waals surface area contributed by atoms with Crippen LogP contribution in [0.4, 0.5) is 0 Å². The molecule has 8 unspecified atom stereocenters. The lowest BCUT2D eigenvalue weighted by molar-refractivity contribution is -0.150. The van der Waals surface area contributed by atoms with Crippen LogP contribution in [0.1, 0.15) is 62.8 Å². The number of carbonyl (C=O) groups is 2. The number of H-pyrrole nitrogens is 1. The first-order valence-electron chi connectivity index (χ1n) is 13.1. The van der Waals surface area contributed by atoms with Crippen LogP contribution in [0.5, 0.6) is 0 Å². The third-order valence-electron chi connectivity index (χ3n) is 9.27. The molecule has 3 heterocycles. The molecule has 7 nitrogen and oxygen atoms in total. The number of para-hydroxylation sites is 1. The van der Waals surface area contributed by atoms with Crippen LogP contribution in [0.3, 0.4) is 0 Å². The summed E-state index contributed by atoms with van der Waals surface area (Å²) in [5.41, 5.74) is 1.75. The van der Waals surface area contributed by atoms with Crippen molar-refractivity contribution in [1.82, 2.24) is 15.6 Å². The normalized spacial score (nSPS) is 39.0. The number of hydrogen-bond donors (Lipinski definition) is 5. The van der Waals surface area contributed by atoms with E-state index in [1.54, 1.807) is 0 Å². The fourth-order valence-electron chi connectivity index (χ4n) is 7.63. The molecule has 7 heteroatoms. The number of rotatable bonds is 3. The van der Waals surface area contributed by atoms with Gasteiger partial charge >= 0.3 is 0 Å². The Labute approximate surface area is 199 Å². The minimum Gasteiger partial charge on any atom is -0.392 e. The Morgan fingerprint density at radius 2 is 1.29 bits per heavy atom. The van der Waals surface area contributed by atoms with E-state index in [4.69, 9.17) is 0 Å². The number of fused-ring (bicyclic) bond motifs is 3. The Kier molecular flexibility index (Phi) is 5.65. The standard InChI is InChI=1S/C27H35N3O4/c31-24-15-8-2-5-11-19(15)29-26(33)22(24)21(17-13-28-18-10-4-1-7-14(17)18)23-25(32)16-9-3-6-12-20(16)30-27(23)34/h1,4,7,10,13,15-16,19-25,28,31-32H,2-3,5-6,8-9,11-12H2,(H,29,33)(H,30,34). The summed E-state index contributed by atoms with van der Waals surface area (Å²) in [7, 11) is 0. The quantitative estimate of drug-likeness (QED) is 0.479. The van der Waals surface area contributed by atoms with Crippen LogP contribution in [0.2, 0.25) is 0 Å². The minimum atomic E-state index is -0.846. The number of benzene rings is 1. The molecule has 0 bridgehead atoms. The van der Waals surface area contributed by atoms with E-state index in [2.05, 4.69) is 15.6 Å². The topological polar surface area (TPSA) is 114 Å². The SMILES string of the molecule is O=C1NC2CCCCC2C(O)C1C(c1c[nH]c2ccccc12)C1C(=O)NC2CCCCC2C1O. The first-order chi connectivity index (χ1) is 16.5. The number of aromatic amines is 1. The average molecular weight is 466 g/mol. The van der Waals surface area contributed by atoms with E-state index in [1.165, 1.54) is 0 Å². The molecular weight excluding hydrogens is 430 g/mol.